The number of amides is 2. The third-order valence-corrected chi connectivity index (χ3v) is 1.09. The van der Waals surface area contributed by atoms with Gasteiger partial charge in [-0.1, -0.05) is 0 Å². The van der Waals surface area contributed by atoms with E-state index < -0.39 is 6.03 Å². The van der Waals surface area contributed by atoms with Crippen molar-refractivity contribution in [1.29, 1.82) is 5.41 Å². The van der Waals surface area contributed by atoms with E-state index >= 15 is 0 Å². The van der Waals surface area contributed by atoms with Gasteiger partial charge < -0.3 is 16.4 Å². The smallest absolute Gasteiger partial charge is 0.314 e. The molecule has 0 saturated heterocycles. The van der Waals surface area contributed by atoms with Crippen molar-refractivity contribution in [1.82, 2.24) is 4.90 Å². The van der Waals surface area contributed by atoms with Crippen LogP contribution in [0.1, 0.15) is 6.42 Å². The van der Waals surface area contributed by atoms with Crippen LogP contribution in [-0.4, -0.2) is 30.4 Å². The summed E-state index contributed by atoms with van der Waals surface area (Å²) in [6, 6.07) is -0.499. The van der Waals surface area contributed by atoms with E-state index in [1.807, 2.05) is 0 Å². The minimum absolute atomic E-state index is 0.0631. The maximum absolute atomic E-state index is 10.3. The van der Waals surface area contributed by atoms with Gasteiger partial charge in [-0.3, -0.25) is 5.41 Å². The minimum Gasteiger partial charge on any atom is -0.388 e. The molecule has 5 N–H and O–H groups in total. The second kappa shape index (κ2) is 3.71. The molecule has 0 unspecified atom stereocenters. The molecule has 0 aliphatic carbocycles. The van der Waals surface area contributed by atoms with Crippen molar-refractivity contribution >= 4 is 11.9 Å². The van der Waals surface area contributed by atoms with Crippen molar-refractivity contribution in [3.05, 3.63) is 0 Å². The van der Waals surface area contributed by atoms with Crippen molar-refractivity contribution < 1.29 is 4.79 Å². The number of hydrogen-bond acceptors (Lipinski definition) is 2. The highest BCUT2D eigenvalue weighted by molar-refractivity contribution is 5.78. The van der Waals surface area contributed by atoms with Gasteiger partial charge in [0.2, 0.25) is 0 Å². The fourth-order valence-electron chi connectivity index (χ4n) is 0.398. The van der Waals surface area contributed by atoms with Gasteiger partial charge in [0.25, 0.3) is 0 Å². The van der Waals surface area contributed by atoms with E-state index in [0.29, 0.717) is 13.0 Å². The fourth-order valence-corrected chi connectivity index (χ4v) is 0.398. The molecule has 0 aliphatic rings. The quantitative estimate of drug-likeness (QED) is 0.361. The molecule has 2 amide bonds. The molecular weight excluding hydrogens is 132 g/mol. The van der Waals surface area contributed by atoms with Gasteiger partial charge in [-0.25, -0.2) is 4.79 Å². The molecule has 0 fully saturated rings. The number of rotatable bonds is 3. The molecule has 0 aromatic rings. The molecule has 0 spiro atoms. The van der Waals surface area contributed by atoms with Gasteiger partial charge in [0.15, 0.2) is 0 Å². The molecule has 5 nitrogen and oxygen atoms in total. The largest absolute Gasteiger partial charge is 0.388 e. The Morgan fingerprint density at radius 3 is 2.40 bits per heavy atom. The number of carbonyl (C=O) groups is 1. The highest BCUT2D eigenvalue weighted by Gasteiger charge is 2.01. The second-order valence-corrected chi connectivity index (χ2v) is 2.04. The number of hydrogen-bond donors (Lipinski definition) is 3. The average molecular weight is 144 g/mol. The fraction of sp³-hybridized carbons (Fsp3) is 0.600. The molecule has 0 bridgehead atoms. The Kier molecular flexibility index (Phi) is 3.24. The van der Waals surface area contributed by atoms with E-state index in [0.717, 1.165) is 0 Å². The zero-order valence-electron chi connectivity index (χ0n) is 5.92. The first-order valence-corrected chi connectivity index (χ1v) is 2.87. The molecule has 0 heterocycles. The van der Waals surface area contributed by atoms with Crippen LogP contribution in [0.5, 0.6) is 0 Å². The van der Waals surface area contributed by atoms with Crippen LogP contribution < -0.4 is 11.5 Å². The number of primary amides is 1. The normalized spacial score (nSPS) is 8.90. The van der Waals surface area contributed by atoms with Gasteiger partial charge in [-0.2, -0.15) is 0 Å². The van der Waals surface area contributed by atoms with Gasteiger partial charge in [0, 0.05) is 20.0 Å². The number of nitrogens with two attached hydrogens (primary N) is 2. The van der Waals surface area contributed by atoms with E-state index in [-0.39, 0.29) is 5.84 Å². The lowest BCUT2D eigenvalue weighted by atomic mass is 10.4. The van der Waals surface area contributed by atoms with Crippen LogP contribution in [0, 0.1) is 5.41 Å². The van der Waals surface area contributed by atoms with Crippen molar-refractivity contribution in [3.63, 3.8) is 0 Å². The first kappa shape index (κ1) is 8.74. The summed E-state index contributed by atoms with van der Waals surface area (Å²) in [5.74, 6) is 0.0631. The molecule has 0 rings (SSSR count). The molecule has 0 radical (unpaired) electrons. The van der Waals surface area contributed by atoms with Crippen LogP contribution in [0.3, 0.4) is 0 Å². The third kappa shape index (κ3) is 3.71. The molecular formula is C5H12N4O. The molecule has 0 aromatic carbocycles. The lowest BCUT2D eigenvalue weighted by molar-refractivity contribution is 0.219. The molecule has 10 heavy (non-hydrogen) atoms. The number of nitrogens with zero attached hydrogens (tertiary/aromatic N) is 1. The summed E-state index contributed by atoms with van der Waals surface area (Å²) < 4.78 is 0. The molecule has 0 saturated carbocycles. The van der Waals surface area contributed by atoms with Gasteiger partial charge >= 0.3 is 6.03 Å². The second-order valence-electron chi connectivity index (χ2n) is 2.04. The molecule has 58 valence electrons. The summed E-state index contributed by atoms with van der Waals surface area (Å²) in [7, 11) is 1.56. The van der Waals surface area contributed by atoms with Crippen molar-refractivity contribution in [3.8, 4) is 0 Å². The summed E-state index contributed by atoms with van der Waals surface area (Å²) in [5.41, 5.74) is 9.94. The molecule has 5 heteroatoms. The Balaban J connectivity index is 3.49. The predicted molar refractivity (Wildman–Crippen MR) is 38.7 cm³/mol. The number of amidine groups is 1. The van der Waals surface area contributed by atoms with Crippen LogP contribution in [0.4, 0.5) is 4.79 Å². The van der Waals surface area contributed by atoms with Gasteiger partial charge in [0.05, 0.1) is 5.84 Å². The van der Waals surface area contributed by atoms with Crippen LogP contribution in [0.2, 0.25) is 0 Å². The average Bonchev–Trinajstić information content (AvgIpc) is 1.82. The van der Waals surface area contributed by atoms with Crippen LogP contribution in [-0.2, 0) is 0 Å². The zero-order valence-corrected chi connectivity index (χ0v) is 5.92. The van der Waals surface area contributed by atoms with Gasteiger partial charge in [-0.15, -0.1) is 0 Å². The van der Waals surface area contributed by atoms with Crippen molar-refractivity contribution in [2.75, 3.05) is 13.6 Å². The maximum Gasteiger partial charge on any atom is 0.314 e. The first-order valence-electron chi connectivity index (χ1n) is 2.87. The maximum atomic E-state index is 10.3. The molecule has 0 aromatic heterocycles. The highest BCUT2D eigenvalue weighted by atomic mass is 16.2. The Morgan fingerprint density at radius 2 is 2.10 bits per heavy atom. The third-order valence-electron chi connectivity index (χ3n) is 1.09. The lowest BCUT2D eigenvalue weighted by Crippen LogP contribution is -2.34. The van der Waals surface area contributed by atoms with Crippen LogP contribution >= 0.6 is 0 Å². The Bertz CT molecular complexity index is 145. The van der Waals surface area contributed by atoms with E-state index in [1.165, 1.54) is 4.90 Å². The number of nitrogens with one attached hydrogen (secondary N) is 1. The standard InChI is InChI=1S/C5H12N4O/c1-9(5(8)10)3-2-4(6)7/h2-3H2,1H3,(H3,6,7)(H2,8,10). The van der Waals surface area contributed by atoms with Crippen LogP contribution in [0.25, 0.3) is 0 Å². The Morgan fingerprint density at radius 1 is 1.60 bits per heavy atom. The van der Waals surface area contributed by atoms with Crippen molar-refractivity contribution in [2.24, 2.45) is 11.5 Å². The zero-order chi connectivity index (χ0) is 8.15. The van der Waals surface area contributed by atoms with E-state index in [9.17, 15) is 4.79 Å². The molecule has 0 atom stereocenters. The Labute approximate surface area is 59.5 Å². The SMILES string of the molecule is CN(CCC(=N)N)C(N)=O. The number of carbonyl (C=O) groups excluding carboxylic acids is 1. The minimum atomic E-state index is -0.499. The number of urea groups is 1. The Hall–Kier alpha value is -1.26. The van der Waals surface area contributed by atoms with E-state index in [1.54, 1.807) is 7.05 Å². The summed E-state index contributed by atoms with van der Waals surface area (Å²) in [4.78, 5) is 11.7. The summed E-state index contributed by atoms with van der Waals surface area (Å²) in [5, 5.41) is 6.83. The van der Waals surface area contributed by atoms with E-state index in [4.69, 9.17) is 16.9 Å². The van der Waals surface area contributed by atoms with Gasteiger partial charge in [0.1, 0.15) is 0 Å². The predicted octanol–water partition coefficient (Wildman–Crippen LogP) is -0.677. The monoisotopic (exact) mass is 144 g/mol. The lowest BCUT2D eigenvalue weighted by Gasteiger charge is -2.12. The van der Waals surface area contributed by atoms with E-state index in [2.05, 4.69) is 0 Å². The summed E-state index contributed by atoms with van der Waals surface area (Å²) in [6.45, 7) is 0.407. The first-order chi connectivity index (χ1) is 4.54. The van der Waals surface area contributed by atoms with Crippen molar-refractivity contribution in [2.45, 2.75) is 6.42 Å². The molecule has 0 aliphatic heterocycles. The van der Waals surface area contributed by atoms with Crippen LogP contribution in [0.15, 0.2) is 0 Å². The topological polar surface area (TPSA) is 96.2 Å². The summed E-state index contributed by atoms with van der Waals surface area (Å²) >= 11 is 0. The highest BCUT2D eigenvalue weighted by Crippen LogP contribution is 1.84. The van der Waals surface area contributed by atoms with Gasteiger partial charge in [-0.05, 0) is 0 Å². The summed E-state index contributed by atoms with van der Waals surface area (Å²) in [6.07, 6.45) is 0.374.